The molecular formula is C20H17NO5S. The fourth-order valence-corrected chi connectivity index (χ4v) is 3.98. The molecule has 0 atom stereocenters. The van der Waals surface area contributed by atoms with Gasteiger partial charge in [0.2, 0.25) is 0 Å². The van der Waals surface area contributed by atoms with E-state index in [9.17, 15) is 9.59 Å². The minimum Gasteiger partial charge on any atom is -0.486 e. The second-order valence-electron chi connectivity index (χ2n) is 5.84. The zero-order valence-electron chi connectivity index (χ0n) is 14.6. The third-order valence-corrected chi connectivity index (χ3v) is 5.19. The quantitative estimate of drug-likeness (QED) is 0.687. The summed E-state index contributed by atoms with van der Waals surface area (Å²) in [5.41, 5.74) is 0.801. The Bertz CT molecular complexity index is 1030. The highest BCUT2D eigenvalue weighted by Gasteiger charge is 2.22. The fourth-order valence-electron chi connectivity index (χ4n) is 2.90. The van der Waals surface area contributed by atoms with Crippen LogP contribution in [0.4, 0.5) is 5.00 Å². The van der Waals surface area contributed by atoms with Gasteiger partial charge in [-0.1, -0.05) is 18.2 Å². The number of thiophene rings is 1. The summed E-state index contributed by atoms with van der Waals surface area (Å²) in [6, 6.07) is 12.5. The second-order valence-corrected chi connectivity index (χ2v) is 6.89. The maximum absolute atomic E-state index is 12.8. The molecule has 1 aromatic heterocycles. The third kappa shape index (κ3) is 3.33. The Morgan fingerprint density at radius 1 is 1.11 bits per heavy atom. The van der Waals surface area contributed by atoms with Crippen molar-refractivity contribution >= 4 is 38.3 Å². The number of nitrogens with one attached hydrogen (secondary N) is 1. The lowest BCUT2D eigenvalue weighted by atomic mass is 10.1. The molecule has 0 spiro atoms. The summed E-state index contributed by atoms with van der Waals surface area (Å²) in [6.45, 7) is 2.95. The Labute approximate surface area is 159 Å². The lowest BCUT2D eigenvalue weighted by Gasteiger charge is -2.18. The monoisotopic (exact) mass is 383 g/mol. The summed E-state index contributed by atoms with van der Waals surface area (Å²) in [4.78, 5) is 25.2. The number of hydrogen-bond acceptors (Lipinski definition) is 6. The average Bonchev–Trinajstić information content (AvgIpc) is 3.05. The van der Waals surface area contributed by atoms with Gasteiger partial charge in [0, 0.05) is 15.6 Å². The van der Waals surface area contributed by atoms with Crippen molar-refractivity contribution < 1.29 is 23.8 Å². The van der Waals surface area contributed by atoms with Crippen LogP contribution in [0.15, 0.2) is 42.5 Å². The van der Waals surface area contributed by atoms with E-state index in [4.69, 9.17) is 14.2 Å². The molecule has 6 nitrogen and oxygen atoms in total. The van der Waals surface area contributed by atoms with Gasteiger partial charge in [0.1, 0.15) is 23.8 Å². The smallest absolute Gasteiger partial charge is 0.341 e. The lowest BCUT2D eigenvalue weighted by molar-refractivity contribution is 0.0530. The summed E-state index contributed by atoms with van der Waals surface area (Å²) in [6.07, 6.45) is 0. The summed E-state index contributed by atoms with van der Waals surface area (Å²) in [5, 5.41) is 4.07. The maximum atomic E-state index is 12.8. The van der Waals surface area contributed by atoms with Gasteiger partial charge in [-0.3, -0.25) is 4.79 Å². The number of hydrogen-bond donors (Lipinski definition) is 1. The molecule has 0 fully saturated rings. The first-order valence-corrected chi connectivity index (χ1v) is 9.38. The van der Waals surface area contributed by atoms with Crippen LogP contribution < -0.4 is 14.8 Å². The molecule has 0 saturated heterocycles. The van der Waals surface area contributed by atoms with Gasteiger partial charge in [-0.15, -0.1) is 11.3 Å². The number of rotatable bonds is 4. The van der Waals surface area contributed by atoms with Gasteiger partial charge in [0.25, 0.3) is 5.91 Å². The molecule has 1 aliphatic rings. The predicted molar refractivity (Wildman–Crippen MR) is 103 cm³/mol. The van der Waals surface area contributed by atoms with Gasteiger partial charge in [0.05, 0.1) is 6.61 Å². The first kappa shape index (κ1) is 17.4. The topological polar surface area (TPSA) is 73.9 Å². The van der Waals surface area contributed by atoms with Crippen molar-refractivity contribution in [2.24, 2.45) is 0 Å². The number of amides is 1. The highest BCUT2D eigenvalue weighted by molar-refractivity contribution is 7.23. The molecule has 2 heterocycles. The van der Waals surface area contributed by atoms with Crippen molar-refractivity contribution in [1.29, 1.82) is 0 Å². The van der Waals surface area contributed by atoms with E-state index in [0.29, 0.717) is 40.8 Å². The van der Waals surface area contributed by atoms with E-state index in [1.165, 1.54) is 11.3 Å². The molecule has 7 heteroatoms. The van der Waals surface area contributed by atoms with Crippen molar-refractivity contribution in [2.45, 2.75) is 6.92 Å². The molecule has 4 rings (SSSR count). The molecular weight excluding hydrogens is 366 g/mol. The molecule has 1 N–H and O–H groups in total. The van der Waals surface area contributed by atoms with E-state index in [0.717, 1.165) is 10.1 Å². The number of benzene rings is 2. The maximum Gasteiger partial charge on any atom is 0.341 e. The standard InChI is InChI=1S/C20H17NO5S/c1-2-24-20(23)17-13-5-3-4-6-16(13)27-19(17)21-18(22)12-7-8-14-15(11-12)26-10-9-25-14/h3-8,11H,2,9-10H2,1H3,(H,21,22). The average molecular weight is 383 g/mol. The van der Waals surface area contributed by atoms with Gasteiger partial charge in [0.15, 0.2) is 11.5 Å². The van der Waals surface area contributed by atoms with Gasteiger partial charge in [-0.25, -0.2) is 4.79 Å². The SMILES string of the molecule is CCOC(=O)c1c(NC(=O)c2ccc3c(c2)OCCO3)sc2ccccc12. The number of ether oxygens (including phenoxy) is 3. The Morgan fingerprint density at radius 2 is 1.89 bits per heavy atom. The Balaban J connectivity index is 1.67. The molecule has 27 heavy (non-hydrogen) atoms. The first-order chi connectivity index (χ1) is 13.2. The van der Waals surface area contributed by atoms with Gasteiger partial charge >= 0.3 is 5.97 Å². The minimum absolute atomic E-state index is 0.262. The second kappa shape index (κ2) is 7.28. The summed E-state index contributed by atoms with van der Waals surface area (Å²) >= 11 is 1.34. The molecule has 0 radical (unpaired) electrons. The highest BCUT2D eigenvalue weighted by Crippen LogP contribution is 2.37. The van der Waals surface area contributed by atoms with Gasteiger partial charge in [-0.05, 0) is 31.2 Å². The first-order valence-electron chi connectivity index (χ1n) is 8.57. The minimum atomic E-state index is -0.451. The van der Waals surface area contributed by atoms with E-state index >= 15 is 0 Å². The Hall–Kier alpha value is -3.06. The third-order valence-electron chi connectivity index (χ3n) is 4.11. The summed E-state index contributed by atoms with van der Waals surface area (Å²) in [5.74, 6) is 0.374. The molecule has 2 aromatic carbocycles. The van der Waals surface area contributed by atoms with Crippen LogP contribution in [0.3, 0.4) is 0 Å². The van der Waals surface area contributed by atoms with Crippen molar-refractivity contribution in [1.82, 2.24) is 0 Å². The normalized spacial score (nSPS) is 12.6. The number of anilines is 1. The number of carbonyl (C=O) groups excluding carboxylic acids is 2. The molecule has 0 saturated carbocycles. The summed E-state index contributed by atoms with van der Waals surface area (Å²) in [7, 11) is 0. The fraction of sp³-hybridized carbons (Fsp3) is 0.200. The molecule has 0 bridgehead atoms. The van der Waals surface area contributed by atoms with Crippen LogP contribution in [-0.2, 0) is 4.74 Å². The Kier molecular flexibility index (Phi) is 4.68. The van der Waals surface area contributed by atoms with Gasteiger partial charge < -0.3 is 19.5 Å². The highest BCUT2D eigenvalue weighted by atomic mass is 32.1. The zero-order valence-corrected chi connectivity index (χ0v) is 15.4. The molecule has 3 aromatic rings. The molecule has 0 aliphatic carbocycles. The number of fused-ring (bicyclic) bond motifs is 2. The molecule has 138 valence electrons. The number of carbonyl (C=O) groups is 2. The van der Waals surface area contributed by atoms with E-state index in [-0.39, 0.29) is 12.5 Å². The van der Waals surface area contributed by atoms with Crippen molar-refractivity contribution in [3.05, 3.63) is 53.6 Å². The van der Waals surface area contributed by atoms with Crippen molar-refractivity contribution in [2.75, 3.05) is 25.1 Å². The largest absolute Gasteiger partial charge is 0.486 e. The molecule has 0 unspecified atom stereocenters. The lowest BCUT2D eigenvalue weighted by Crippen LogP contribution is -2.17. The molecule has 1 amide bonds. The van der Waals surface area contributed by atoms with Crippen LogP contribution in [0.5, 0.6) is 11.5 Å². The van der Waals surface area contributed by atoms with Crippen LogP contribution in [0, 0.1) is 0 Å². The number of esters is 1. The van der Waals surface area contributed by atoms with Crippen LogP contribution in [0.2, 0.25) is 0 Å². The van der Waals surface area contributed by atoms with Crippen LogP contribution in [0.1, 0.15) is 27.6 Å². The Morgan fingerprint density at radius 3 is 2.70 bits per heavy atom. The molecule has 1 aliphatic heterocycles. The predicted octanol–water partition coefficient (Wildman–Crippen LogP) is 4.10. The van der Waals surface area contributed by atoms with Gasteiger partial charge in [-0.2, -0.15) is 0 Å². The van der Waals surface area contributed by atoms with Crippen molar-refractivity contribution in [3.63, 3.8) is 0 Å². The zero-order chi connectivity index (χ0) is 18.8. The van der Waals surface area contributed by atoms with Crippen LogP contribution in [0.25, 0.3) is 10.1 Å². The van der Waals surface area contributed by atoms with E-state index in [2.05, 4.69) is 5.32 Å². The van der Waals surface area contributed by atoms with Crippen molar-refractivity contribution in [3.8, 4) is 11.5 Å². The van der Waals surface area contributed by atoms with E-state index in [1.807, 2.05) is 24.3 Å². The van der Waals surface area contributed by atoms with Crippen LogP contribution >= 0.6 is 11.3 Å². The van der Waals surface area contributed by atoms with E-state index in [1.54, 1.807) is 25.1 Å². The van der Waals surface area contributed by atoms with E-state index < -0.39 is 5.97 Å². The summed E-state index contributed by atoms with van der Waals surface area (Å²) < 4.78 is 17.1. The van der Waals surface area contributed by atoms with Crippen LogP contribution in [-0.4, -0.2) is 31.7 Å².